The molecular formula is C17H19N3O3. The van der Waals surface area contributed by atoms with E-state index in [2.05, 4.69) is 14.9 Å². The number of nitrogens with zero attached hydrogens (tertiary/aromatic N) is 2. The number of amides is 1. The average Bonchev–Trinajstić information content (AvgIpc) is 3.01. The van der Waals surface area contributed by atoms with Gasteiger partial charge in [0.15, 0.2) is 11.5 Å². The van der Waals surface area contributed by atoms with Crippen LogP contribution in [0.15, 0.2) is 36.7 Å². The SMILES string of the molecule is C[C@@H]1Oc2ccccc2O[C@H]1C(=O)N[C@H]1CCc2nccn2C1. The normalized spacial score (nSPS) is 25.5. The Hall–Kier alpha value is -2.50. The molecule has 2 aliphatic heterocycles. The predicted molar refractivity (Wildman–Crippen MR) is 83.4 cm³/mol. The molecule has 6 nitrogen and oxygen atoms in total. The summed E-state index contributed by atoms with van der Waals surface area (Å²) in [7, 11) is 0. The Balaban J connectivity index is 1.44. The Morgan fingerprint density at radius 1 is 1.30 bits per heavy atom. The summed E-state index contributed by atoms with van der Waals surface area (Å²) in [4.78, 5) is 16.9. The number of benzene rings is 1. The fourth-order valence-corrected chi connectivity index (χ4v) is 3.17. The number of carbonyl (C=O) groups excluding carboxylic acids is 1. The lowest BCUT2D eigenvalue weighted by molar-refractivity contribution is -0.134. The summed E-state index contributed by atoms with van der Waals surface area (Å²) < 4.78 is 13.7. The minimum absolute atomic E-state index is 0.0946. The predicted octanol–water partition coefficient (Wildman–Crippen LogP) is 1.54. The number of rotatable bonds is 2. The molecule has 1 N–H and O–H groups in total. The van der Waals surface area contributed by atoms with Crippen LogP contribution in [0.3, 0.4) is 0 Å². The molecule has 3 heterocycles. The van der Waals surface area contributed by atoms with Gasteiger partial charge in [-0.2, -0.15) is 0 Å². The van der Waals surface area contributed by atoms with E-state index in [1.807, 2.05) is 37.4 Å². The van der Waals surface area contributed by atoms with Crippen molar-refractivity contribution >= 4 is 5.91 Å². The maximum absolute atomic E-state index is 12.6. The van der Waals surface area contributed by atoms with Crippen molar-refractivity contribution < 1.29 is 14.3 Å². The molecule has 0 unspecified atom stereocenters. The number of aromatic nitrogens is 2. The van der Waals surface area contributed by atoms with Gasteiger partial charge in [-0.1, -0.05) is 12.1 Å². The van der Waals surface area contributed by atoms with Crippen LogP contribution in [0.1, 0.15) is 19.2 Å². The number of aryl methyl sites for hydroxylation is 1. The van der Waals surface area contributed by atoms with Gasteiger partial charge < -0.3 is 19.4 Å². The van der Waals surface area contributed by atoms with E-state index in [4.69, 9.17) is 9.47 Å². The molecule has 0 bridgehead atoms. The summed E-state index contributed by atoms with van der Waals surface area (Å²) in [6, 6.07) is 7.52. The smallest absolute Gasteiger partial charge is 0.265 e. The van der Waals surface area contributed by atoms with Crippen LogP contribution in [0.5, 0.6) is 11.5 Å². The summed E-state index contributed by atoms with van der Waals surface area (Å²) in [6.07, 6.45) is 4.56. The largest absolute Gasteiger partial charge is 0.482 e. The maximum atomic E-state index is 12.6. The van der Waals surface area contributed by atoms with Crippen LogP contribution in [0, 0.1) is 0 Å². The standard InChI is InChI=1S/C17H19N3O3/c1-11-16(23-14-5-3-2-4-13(14)22-11)17(21)19-12-6-7-15-18-8-9-20(15)10-12/h2-5,8-9,11-12,16H,6-7,10H2,1H3,(H,19,21)/t11-,12-,16+/m0/s1. The van der Waals surface area contributed by atoms with Crippen molar-refractivity contribution in [3.63, 3.8) is 0 Å². The summed E-state index contributed by atoms with van der Waals surface area (Å²) in [5.74, 6) is 2.26. The van der Waals surface area contributed by atoms with Crippen molar-refractivity contribution in [3.8, 4) is 11.5 Å². The fourth-order valence-electron chi connectivity index (χ4n) is 3.17. The van der Waals surface area contributed by atoms with Crippen LogP contribution in [-0.4, -0.2) is 33.7 Å². The van der Waals surface area contributed by atoms with Crippen LogP contribution < -0.4 is 14.8 Å². The van der Waals surface area contributed by atoms with Crippen molar-refractivity contribution in [3.05, 3.63) is 42.5 Å². The first-order chi connectivity index (χ1) is 11.2. The molecule has 0 aliphatic carbocycles. The molecule has 0 fully saturated rings. The first-order valence-corrected chi connectivity index (χ1v) is 7.93. The molecule has 6 heteroatoms. The van der Waals surface area contributed by atoms with Gasteiger partial charge in [0, 0.05) is 31.4 Å². The van der Waals surface area contributed by atoms with E-state index in [9.17, 15) is 4.79 Å². The highest BCUT2D eigenvalue weighted by molar-refractivity contribution is 5.82. The molecule has 2 aromatic rings. The van der Waals surface area contributed by atoms with E-state index < -0.39 is 6.10 Å². The molecule has 0 saturated carbocycles. The Bertz CT molecular complexity index is 727. The summed E-state index contributed by atoms with van der Waals surface area (Å²) in [5, 5.41) is 3.09. The molecule has 23 heavy (non-hydrogen) atoms. The van der Waals surface area contributed by atoms with Gasteiger partial charge in [-0.05, 0) is 25.5 Å². The molecule has 120 valence electrons. The monoisotopic (exact) mass is 313 g/mol. The highest BCUT2D eigenvalue weighted by Crippen LogP contribution is 2.33. The molecule has 2 aliphatic rings. The van der Waals surface area contributed by atoms with Crippen molar-refractivity contribution in [1.29, 1.82) is 0 Å². The van der Waals surface area contributed by atoms with Gasteiger partial charge in [-0.3, -0.25) is 4.79 Å². The Kier molecular flexibility index (Phi) is 3.44. The Labute approximate surface area is 134 Å². The zero-order valence-corrected chi connectivity index (χ0v) is 12.9. The van der Waals surface area contributed by atoms with Gasteiger partial charge >= 0.3 is 0 Å². The number of fused-ring (bicyclic) bond motifs is 2. The molecule has 1 aromatic heterocycles. The Morgan fingerprint density at radius 3 is 2.91 bits per heavy atom. The lowest BCUT2D eigenvalue weighted by Gasteiger charge is -2.33. The lowest BCUT2D eigenvalue weighted by atomic mass is 10.1. The third kappa shape index (κ3) is 2.65. The van der Waals surface area contributed by atoms with Crippen LogP contribution >= 0.6 is 0 Å². The summed E-state index contributed by atoms with van der Waals surface area (Å²) in [6.45, 7) is 2.61. The van der Waals surface area contributed by atoms with Gasteiger partial charge in [0.05, 0.1) is 0 Å². The van der Waals surface area contributed by atoms with Crippen molar-refractivity contribution in [2.75, 3.05) is 0 Å². The molecule has 0 radical (unpaired) electrons. The molecule has 4 rings (SSSR count). The average molecular weight is 313 g/mol. The first-order valence-electron chi connectivity index (χ1n) is 7.93. The second kappa shape index (κ2) is 5.61. The highest BCUT2D eigenvalue weighted by Gasteiger charge is 2.35. The van der Waals surface area contributed by atoms with Gasteiger partial charge in [0.2, 0.25) is 6.10 Å². The zero-order chi connectivity index (χ0) is 15.8. The number of imidazole rings is 1. The molecule has 1 amide bonds. The van der Waals surface area contributed by atoms with Gasteiger partial charge in [-0.25, -0.2) is 4.98 Å². The third-order valence-corrected chi connectivity index (χ3v) is 4.38. The van der Waals surface area contributed by atoms with Crippen molar-refractivity contribution in [1.82, 2.24) is 14.9 Å². The second-order valence-electron chi connectivity index (χ2n) is 6.05. The molecule has 3 atom stereocenters. The van der Waals surface area contributed by atoms with Gasteiger partial charge in [-0.15, -0.1) is 0 Å². The summed E-state index contributed by atoms with van der Waals surface area (Å²) in [5.41, 5.74) is 0. The number of carbonyl (C=O) groups is 1. The zero-order valence-electron chi connectivity index (χ0n) is 12.9. The number of hydrogen-bond donors (Lipinski definition) is 1. The molecular weight excluding hydrogens is 294 g/mol. The topological polar surface area (TPSA) is 65.4 Å². The van der Waals surface area contributed by atoms with E-state index in [-0.39, 0.29) is 18.1 Å². The maximum Gasteiger partial charge on any atom is 0.265 e. The molecule has 1 aromatic carbocycles. The fraction of sp³-hybridized carbons (Fsp3) is 0.412. The minimum atomic E-state index is -0.630. The number of nitrogens with one attached hydrogen (secondary N) is 1. The molecule has 0 saturated heterocycles. The molecule has 0 spiro atoms. The van der Waals surface area contributed by atoms with Crippen LogP contribution in [0.2, 0.25) is 0 Å². The first kappa shape index (κ1) is 14.1. The summed E-state index contributed by atoms with van der Waals surface area (Å²) >= 11 is 0. The van der Waals surface area contributed by atoms with E-state index in [1.165, 1.54) is 0 Å². The van der Waals surface area contributed by atoms with E-state index in [1.54, 1.807) is 6.20 Å². The van der Waals surface area contributed by atoms with Crippen molar-refractivity contribution in [2.45, 2.75) is 44.6 Å². The van der Waals surface area contributed by atoms with Gasteiger partial charge in [0.1, 0.15) is 11.9 Å². The quantitative estimate of drug-likeness (QED) is 0.913. The minimum Gasteiger partial charge on any atom is -0.482 e. The van der Waals surface area contributed by atoms with E-state index in [0.29, 0.717) is 11.5 Å². The number of para-hydroxylation sites is 2. The lowest BCUT2D eigenvalue weighted by Crippen LogP contribution is -2.52. The van der Waals surface area contributed by atoms with E-state index >= 15 is 0 Å². The van der Waals surface area contributed by atoms with Crippen molar-refractivity contribution in [2.24, 2.45) is 0 Å². The van der Waals surface area contributed by atoms with Crippen LogP contribution in [-0.2, 0) is 17.8 Å². The van der Waals surface area contributed by atoms with Crippen LogP contribution in [0.25, 0.3) is 0 Å². The Morgan fingerprint density at radius 2 is 2.09 bits per heavy atom. The highest BCUT2D eigenvalue weighted by atomic mass is 16.6. The van der Waals surface area contributed by atoms with Gasteiger partial charge in [0.25, 0.3) is 5.91 Å². The van der Waals surface area contributed by atoms with Crippen LogP contribution in [0.4, 0.5) is 0 Å². The number of ether oxygens (including phenoxy) is 2. The van der Waals surface area contributed by atoms with E-state index in [0.717, 1.165) is 25.2 Å². The second-order valence-corrected chi connectivity index (χ2v) is 6.05. The number of hydrogen-bond acceptors (Lipinski definition) is 4. The third-order valence-electron chi connectivity index (χ3n) is 4.38.